The van der Waals surface area contributed by atoms with Gasteiger partial charge in [-0.1, -0.05) is 18.2 Å². The van der Waals surface area contributed by atoms with E-state index in [4.69, 9.17) is 0 Å². The lowest BCUT2D eigenvalue weighted by molar-refractivity contribution is -0.121. The minimum Gasteiger partial charge on any atom is -0.332 e. The molecule has 0 saturated carbocycles. The van der Waals surface area contributed by atoms with E-state index in [2.05, 4.69) is 10.6 Å². The van der Waals surface area contributed by atoms with Gasteiger partial charge in [0.05, 0.1) is 5.69 Å². The first-order valence-corrected chi connectivity index (χ1v) is 9.50. The Labute approximate surface area is 172 Å². The number of hydrogen-bond acceptors (Lipinski definition) is 3. The van der Waals surface area contributed by atoms with Crippen LogP contribution in [0.3, 0.4) is 0 Å². The van der Waals surface area contributed by atoms with Crippen LogP contribution in [0, 0.1) is 12.7 Å². The van der Waals surface area contributed by atoms with Crippen LogP contribution < -0.4 is 16.2 Å². The van der Waals surface area contributed by atoms with Gasteiger partial charge in [-0.25, -0.2) is 4.39 Å². The number of fused-ring (bicyclic) bond motifs is 1. The molecular formula is C23H20FN3O3. The molecule has 0 bridgehead atoms. The summed E-state index contributed by atoms with van der Waals surface area (Å²) in [5.41, 5.74) is 2.24. The third-order valence-electron chi connectivity index (χ3n) is 5.40. The number of aromatic nitrogens is 1. The summed E-state index contributed by atoms with van der Waals surface area (Å²) in [6.07, 6.45) is 3.13. The Bertz CT molecular complexity index is 1260. The Morgan fingerprint density at radius 3 is 2.57 bits per heavy atom. The maximum absolute atomic E-state index is 13.3. The quantitative estimate of drug-likeness (QED) is 0.703. The Balaban J connectivity index is 1.73. The molecule has 30 heavy (non-hydrogen) atoms. The summed E-state index contributed by atoms with van der Waals surface area (Å²) in [6, 6.07) is 11.1. The molecule has 2 heterocycles. The second-order valence-electron chi connectivity index (χ2n) is 7.38. The van der Waals surface area contributed by atoms with Crippen LogP contribution >= 0.6 is 0 Å². The molecule has 0 unspecified atom stereocenters. The van der Waals surface area contributed by atoms with E-state index in [1.54, 1.807) is 43.6 Å². The van der Waals surface area contributed by atoms with Crippen molar-refractivity contribution in [3.05, 3.63) is 87.7 Å². The lowest BCUT2D eigenvalue weighted by atomic mass is 9.86. The highest BCUT2D eigenvalue weighted by Gasteiger charge is 2.29. The molecule has 1 atom stereocenters. The van der Waals surface area contributed by atoms with Crippen LogP contribution in [0.4, 0.5) is 10.1 Å². The fraction of sp³-hybridized carbons (Fsp3) is 0.174. The molecule has 2 N–H and O–H groups in total. The molecule has 2 aromatic carbocycles. The average molecular weight is 405 g/mol. The standard InChI is InChI=1S/C23H20FN3O3/c1-13-3-8-17-16(9-10-27(2)23(17)30)21(13)26-22(29)19-12-25-20(28)11-18(19)14-4-6-15(24)7-5-14/h3-10,12,18H,11H2,1-2H3,(H,25,28)(H,26,29)/t18-/m0/s1. The molecule has 1 aliphatic rings. The summed E-state index contributed by atoms with van der Waals surface area (Å²) < 4.78 is 14.8. The first kappa shape index (κ1) is 19.6. The van der Waals surface area contributed by atoms with Gasteiger partial charge in [0, 0.05) is 48.1 Å². The van der Waals surface area contributed by atoms with Crippen LogP contribution in [0.1, 0.15) is 23.5 Å². The topological polar surface area (TPSA) is 80.2 Å². The summed E-state index contributed by atoms with van der Waals surface area (Å²) in [4.78, 5) is 37.6. The van der Waals surface area contributed by atoms with Crippen molar-refractivity contribution >= 4 is 28.3 Å². The van der Waals surface area contributed by atoms with Crippen molar-refractivity contribution in [2.24, 2.45) is 7.05 Å². The number of amides is 2. The number of anilines is 1. The summed E-state index contributed by atoms with van der Waals surface area (Å²) in [7, 11) is 1.67. The molecule has 2 amide bonds. The number of halogens is 1. The maximum Gasteiger partial charge on any atom is 0.258 e. The van der Waals surface area contributed by atoms with Crippen molar-refractivity contribution in [3.8, 4) is 0 Å². The molecule has 152 valence electrons. The van der Waals surface area contributed by atoms with E-state index in [0.717, 1.165) is 5.56 Å². The minimum atomic E-state index is -0.498. The van der Waals surface area contributed by atoms with Crippen molar-refractivity contribution in [2.75, 3.05) is 5.32 Å². The Morgan fingerprint density at radius 1 is 1.10 bits per heavy atom. The molecule has 1 aromatic heterocycles. The molecule has 4 rings (SSSR count). The van der Waals surface area contributed by atoms with E-state index < -0.39 is 5.92 Å². The van der Waals surface area contributed by atoms with Crippen molar-refractivity contribution in [2.45, 2.75) is 19.3 Å². The number of nitrogens with one attached hydrogen (secondary N) is 2. The zero-order valence-corrected chi connectivity index (χ0v) is 16.5. The predicted molar refractivity (Wildman–Crippen MR) is 113 cm³/mol. The third kappa shape index (κ3) is 3.50. The Morgan fingerprint density at radius 2 is 1.83 bits per heavy atom. The van der Waals surface area contributed by atoms with E-state index in [9.17, 15) is 18.8 Å². The van der Waals surface area contributed by atoms with E-state index in [1.807, 2.05) is 6.92 Å². The normalized spacial score (nSPS) is 16.2. The van der Waals surface area contributed by atoms with Gasteiger partial charge in [-0.3, -0.25) is 14.4 Å². The molecule has 3 aromatic rings. The van der Waals surface area contributed by atoms with E-state index in [0.29, 0.717) is 27.6 Å². The van der Waals surface area contributed by atoms with Crippen LogP contribution in [-0.4, -0.2) is 16.4 Å². The van der Waals surface area contributed by atoms with Crippen molar-refractivity contribution in [1.29, 1.82) is 0 Å². The van der Waals surface area contributed by atoms with Gasteiger partial charge in [-0.15, -0.1) is 0 Å². The fourth-order valence-corrected chi connectivity index (χ4v) is 3.71. The molecule has 7 heteroatoms. The van der Waals surface area contributed by atoms with Crippen molar-refractivity contribution < 1.29 is 14.0 Å². The van der Waals surface area contributed by atoms with Crippen LogP contribution in [0.5, 0.6) is 0 Å². The third-order valence-corrected chi connectivity index (χ3v) is 5.40. The molecule has 0 spiro atoms. The molecule has 0 radical (unpaired) electrons. The molecule has 0 aliphatic carbocycles. The SMILES string of the molecule is Cc1ccc2c(=O)n(C)ccc2c1NC(=O)C1=CNC(=O)C[C@H]1c1ccc(F)cc1. The van der Waals surface area contributed by atoms with Gasteiger partial charge < -0.3 is 15.2 Å². The number of carbonyl (C=O) groups is 2. The molecular weight excluding hydrogens is 385 g/mol. The van der Waals surface area contributed by atoms with Crippen LogP contribution in [0.25, 0.3) is 10.8 Å². The van der Waals surface area contributed by atoms with E-state index >= 15 is 0 Å². The van der Waals surface area contributed by atoms with Gasteiger partial charge in [-0.05, 0) is 42.3 Å². The Kier molecular flexibility index (Phi) is 4.95. The number of benzene rings is 2. The first-order valence-electron chi connectivity index (χ1n) is 9.50. The van der Waals surface area contributed by atoms with Gasteiger partial charge in [0.15, 0.2) is 0 Å². The van der Waals surface area contributed by atoms with Gasteiger partial charge in [0.25, 0.3) is 11.5 Å². The van der Waals surface area contributed by atoms with Gasteiger partial charge >= 0.3 is 0 Å². The summed E-state index contributed by atoms with van der Waals surface area (Å²) >= 11 is 0. The lowest BCUT2D eigenvalue weighted by Gasteiger charge is -2.24. The number of aryl methyl sites for hydroxylation is 2. The largest absolute Gasteiger partial charge is 0.332 e. The van der Waals surface area contributed by atoms with Crippen molar-refractivity contribution in [3.63, 3.8) is 0 Å². The monoisotopic (exact) mass is 405 g/mol. The molecule has 0 saturated heterocycles. The molecule has 0 fully saturated rings. The van der Waals surface area contributed by atoms with E-state index in [-0.39, 0.29) is 29.6 Å². The predicted octanol–water partition coefficient (Wildman–Crippen LogP) is 3.11. The fourth-order valence-electron chi connectivity index (χ4n) is 3.71. The van der Waals surface area contributed by atoms with Crippen LogP contribution in [0.15, 0.2) is 65.2 Å². The summed E-state index contributed by atoms with van der Waals surface area (Å²) in [5, 5.41) is 6.65. The van der Waals surface area contributed by atoms with Crippen LogP contribution in [-0.2, 0) is 16.6 Å². The number of pyridine rings is 1. The minimum absolute atomic E-state index is 0.0833. The zero-order chi connectivity index (χ0) is 21.4. The second kappa shape index (κ2) is 7.59. The van der Waals surface area contributed by atoms with Gasteiger partial charge in [0.2, 0.25) is 5.91 Å². The highest BCUT2D eigenvalue weighted by Crippen LogP contribution is 2.32. The van der Waals surface area contributed by atoms with Gasteiger partial charge in [-0.2, -0.15) is 0 Å². The first-order chi connectivity index (χ1) is 14.3. The smallest absolute Gasteiger partial charge is 0.258 e. The maximum atomic E-state index is 13.3. The lowest BCUT2D eigenvalue weighted by Crippen LogP contribution is -2.32. The highest BCUT2D eigenvalue weighted by molar-refractivity contribution is 6.11. The average Bonchev–Trinajstić information content (AvgIpc) is 2.73. The zero-order valence-electron chi connectivity index (χ0n) is 16.5. The summed E-state index contributed by atoms with van der Waals surface area (Å²) in [6.45, 7) is 1.85. The van der Waals surface area contributed by atoms with Crippen LogP contribution in [0.2, 0.25) is 0 Å². The Hall–Kier alpha value is -3.74. The van der Waals surface area contributed by atoms with Gasteiger partial charge in [0.1, 0.15) is 5.82 Å². The number of carbonyl (C=O) groups excluding carboxylic acids is 2. The number of nitrogens with zero attached hydrogens (tertiary/aromatic N) is 1. The summed E-state index contributed by atoms with van der Waals surface area (Å²) in [5.74, 6) is -1.49. The molecule has 1 aliphatic heterocycles. The second-order valence-corrected chi connectivity index (χ2v) is 7.38. The highest BCUT2D eigenvalue weighted by atomic mass is 19.1. The van der Waals surface area contributed by atoms with Crippen molar-refractivity contribution in [1.82, 2.24) is 9.88 Å². The number of hydrogen-bond donors (Lipinski definition) is 2. The molecule has 6 nitrogen and oxygen atoms in total. The van der Waals surface area contributed by atoms with E-state index in [1.165, 1.54) is 22.9 Å². The number of rotatable bonds is 3.